The van der Waals surface area contributed by atoms with Crippen LogP contribution in [0.4, 0.5) is 0 Å². The molecule has 0 fully saturated rings. The zero-order valence-electron chi connectivity index (χ0n) is 12.2. The van der Waals surface area contributed by atoms with Crippen LogP contribution >= 0.6 is 0 Å². The molecule has 0 heterocycles. The molecule has 2 aromatic carbocycles. The van der Waals surface area contributed by atoms with Gasteiger partial charge >= 0.3 is 11.9 Å². The Labute approximate surface area is 128 Å². The molecular weight excluding hydrogens is 282 g/mol. The lowest BCUT2D eigenvalue weighted by Gasteiger charge is -2.16. The fraction of sp³-hybridized carbons (Fsp3) is 0.176. The van der Waals surface area contributed by atoms with Crippen molar-refractivity contribution in [3.63, 3.8) is 0 Å². The summed E-state index contributed by atoms with van der Waals surface area (Å²) in [6.07, 6.45) is 0. The highest BCUT2D eigenvalue weighted by Gasteiger charge is 2.19. The molecule has 1 atom stereocenters. The highest BCUT2D eigenvalue weighted by molar-refractivity contribution is 5.75. The van der Waals surface area contributed by atoms with E-state index in [4.69, 9.17) is 4.74 Å². The molecule has 2 rings (SSSR count). The maximum Gasteiger partial charge on any atom is 0.325 e. The first-order chi connectivity index (χ1) is 10.6. The molecule has 0 aliphatic rings. The summed E-state index contributed by atoms with van der Waals surface area (Å²) in [5.74, 6) is -0.943. The van der Waals surface area contributed by atoms with Crippen molar-refractivity contribution in [1.29, 1.82) is 0 Å². The predicted octanol–water partition coefficient (Wildman–Crippen LogP) is 2.53. The van der Waals surface area contributed by atoms with Gasteiger partial charge in [-0.05, 0) is 11.6 Å². The Morgan fingerprint density at radius 2 is 1.73 bits per heavy atom. The third-order valence-electron chi connectivity index (χ3n) is 3.10. The van der Waals surface area contributed by atoms with Crippen molar-refractivity contribution in [1.82, 2.24) is 5.32 Å². The van der Waals surface area contributed by atoms with Crippen LogP contribution in [0.2, 0.25) is 0 Å². The Morgan fingerprint density at radius 1 is 1.09 bits per heavy atom. The smallest absolute Gasteiger partial charge is 0.325 e. The average Bonchev–Trinajstić information content (AvgIpc) is 2.49. The van der Waals surface area contributed by atoms with Crippen LogP contribution in [-0.2, 0) is 16.1 Å². The maximum absolute atomic E-state index is 11.4. The third-order valence-corrected chi connectivity index (χ3v) is 3.10. The second-order valence-corrected chi connectivity index (χ2v) is 4.76. The van der Waals surface area contributed by atoms with Crippen LogP contribution < -0.4 is 10.1 Å². The summed E-state index contributed by atoms with van der Waals surface area (Å²) in [5, 5.41) is 12.3. The van der Waals surface area contributed by atoms with Crippen molar-refractivity contribution in [2.75, 3.05) is 0 Å². The molecule has 0 aromatic heterocycles. The van der Waals surface area contributed by atoms with Gasteiger partial charge in [-0.1, -0.05) is 48.5 Å². The Bertz CT molecular complexity index is 655. The number of para-hydroxylation sites is 1. The first kappa shape index (κ1) is 15.7. The van der Waals surface area contributed by atoms with Gasteiger partial charge < -0.3 is 9.84 Å². The Morgan fingerprint density at radius 3 is 2.36 bits per heavy atom. The fourth-order valence-corrected chi connectivity index (χ4v) is 2.11. The van der Waals surface area contributed by atoms with Crippen molar-refractivity contribution in [2.24, 2.45) is 0 Å². The molecule has 22 heavy (non-hydrogen) atoms. The highest BCUT2D eigenvalue weighted by atomic mass is 16.5. The van der Waals surface area contributed by atoms with Gasteiger partial charge in [-0.3, -0.25) is 14.9 Å². The summed E-state index contributed by atoms with van der Waals surface area (Å²) in [7, 11) is 0. The molecule has 0 saturated heterocycles. The second-order valence-electron chi connectivity index (χ2n) is 4.76. The van der Waals surface area contributed by atoms with Crippen LogP contribution in [0.3, 0.4) is 0 Å². The number of benzene rings is 2. The first-order valence-electron chi connectivity index (χ1n) is 6.85. The summed E-state index contributed by atoms with van der Waals surface area (Å²) >= 11 is 0. The van der Waals surface area contributed by atoms with Gasteiger partial charge in [0.05, 0.1) is 0 Å². The van der Waals surface area contributed by atoms with Gasteiger partial charge in [-0.15, -0.1) is 0 Å². The number of hydrogen-bond donors (Lipinski definition) is 2. The van der Waals surface area contributed by atoms with E-state index >= 15 is 0 Å². The zero-order chi connectivity index (χ0) is 15.9. The van der Waals surface area contributed by atoms with Crippen molar-refractivity contribution < 1.29 is 19.4 Å². The quantitative estimate of drug-likeness (QED) is 0.633. The van der Waals surface area contributed by atoms with Gasteiger partial charge in [0.2, 0.25) is 0 Å². The number of aliphatic carboxylic acids is 1. The molecule has 0 radical (unpaired) electrons. The van der Waals surface area contributed by atoms with Crippen LogP contribution in [0.1, 0.15) is 24.1 Å². The Balaban J connectivity index is 2.14. The van der Waals surface area contributed by atoms with E-state index in [1.807, 2.05) is 12.1 Å². The third kappa shape index (κ3) is 4.17. The number of nitrogens with one attached hydrogen (secondary N) is 1. The molecule has 0 amide bonds. The predicted molar refractivity (Wildman–Crippen MR) is 81.4 cm³/mol. The van der Waals surface area contributed by atoms with Gasteiger partial charge in [-0.25, -0.2) is 0 Å². The lowest BCUT2D eigenvalue weighted by atomic mass is 10.1. The average molecular weight is 299 g/mol. The van der Waals surface area contributed by atoms with E-state index in [0.717, 1.165) is 5.56 Å². The maximum atomic E-state index is 11.4. The summed E-state index contributed by atoms with van der Waals surface area (Å²) in [4.78, 5) is 22.5. The Kier molecular flexibility index (Phi) is 5.27. The minimum atomic E-state index is -0.962. The van der Waals surface area contributed by atoms with Crippen LogP contribution in [0.25, 0.3) is 0 Å². The van der Waals surface area contributed by atoms with E-state index in [2.05, 4.69) is 5.32 Å². The minimum Gasteiger partial charge on any atom is -0.480 e. The van der Waals surface area contributed by atoms with Crippen molar-refractivity contribution in [3.8, 4) is 5.75 Å². The van der Waals surface area contributed by atoms with Crippen LogP contribution in [0.5, 0.6) is 5.75 Å². The molecule has 2 aromatic rings. The molecule has 5 heteroatoms. The number of rotatable bonds is 6. The summed E-state index contributed by atoms with van der Waals surface area (Å²) < 4.78 is 5.12. The second kappa shape index (κ2) is 7.38. The van der Waals surface area contributed by atoms with E-state index in [-0.39, 0.29) is 6.54 Å². The molecule has 5 nitrogen and oxygen atoms in total. The van der Waals surface area contributed by atoms with E-state index in [1.54, 1.807) is 42.5 Å². The fourth-order valence-electron chi connectivity index (χ4n) is 2.11. The van der Waals surface area contributed by atoms with Gasteiger partial charge in [-0.2, -0.15) is 0 Å². The summed E-state index contributed by atoms with van der Waals surface area (Å²) in [6.45, 7) is 1.60. The first-order valence-corrected chi connectivity index (χ1v) is 6.85. The monoisotopic (exact) mass is 299 g/mol. The molecule has 0 spiro atoms. The lowest BCUT2D eigenvalue weighted by molar-refractivity contribution is -0.139. The molecular formula is C17H17NO4. The molecule has 0 aliphatic carbocycles. The number of carbonyl (C=O) groups excluding carboxylic acids is 1. The number of carboxylic acids is 1. The number of esters is 1. The summed E-state index contributed by atoms with van der Waals surface area (Å²) in [6, 6.07) is 15.1. The van der Waals surface area contributed by atoms with Gasteiger partial charge in [0.25, 0.3) is 0 Å². The topological polar surface area (TPSA) is 75.6 Å². The van der Waals surface area contributed by atoms with E-state index < -0.39 is 18.0 Å². The number of hydrogen-bond acceptors (Lipinski definition) is 4. The van der Waals surface area contributed by atoms with Crippen LogP contribution in [-0.4, -0.2) is 17.0 Å². The standard InChI is InChI=1S/C17H17NO4/c1-12(19)22-15-10-6-5-9-14(15)11-18-16(17(20)21)13-7-3-2-4-8-13/h2-10,16,18H,11H2,1H3,(H,20,21). The molecule has 0 saturated carbocycles. The van der Waals surface area contributed by atoms with E-state index in [1.165, 1.54) is 6.92 Å². The van der Waals surface area contributed by atoms with Crippen molar-refractivity contribution >= 4 is 11.9 Å². The molecule has 114 valence electrons. The summed E-state index contributed by atoms with van der Waals surface area (Å²) in [5.41, 5.74) is 1.39. The van der Waals surface area contributed by atoms with Crippen molar-refractivity contribution in [2.45, 2.75) is 19.5 Å². The van der Waals surface area contributed by atoms with Gasteiger partial charge in [0, 0.05) is 19.0 Å². The number of carboxylic acid groups (broad SMARTS) is 1. The SMILES string of the molecule is CC(=O)Oc1ccccc1CNC(C(=O)O)c1ccccc1. The number of carbonyl (C=O) groups is 2. The highest BCUT2D eigenvalue weighted by Crippen LogP contribution is 2.20. The van der Waals surface area contributed by atoms with Crippen molar-refractivity contribution in [3.05, 3.63) is 65.7 Å². The van der Waals surface area contributed by atoms with Crippen LogP contribution in [0.15, 0.2) is 54.6 Å². The van der Waals surface area contributed by atoms with E-state index in [0.29, 0.717) is 11.3 Å². The minimum absolute atomic E-state index is 0.273. The van der Waals surface area contributed by atoms with Gasteiger partial charge in [0.1, 0.15) is 11.8 Å². The normalized spacial score (nSPS) is 11.7. The number of ether oxygens (including phenoxy) is 1. The van der Waals surface area contributed by atoms with E-state index in [9.17, 15) is 14.7 Å². The lowest BCUT2D eigenvalue weighted by Crippen LogP contribution is -2.28. The zero-order valence-corrected chi connectivity index (χ0v) is 12.2. The molecule has 2 N–H and O–H groups in total. The Hall–Kier alpha value is -2.66. The largest absolute Gasteiger partial charge is 0.480 e. The molecule has 1 unspecified atom stereocenters. The molecule has 0 aliphatic heterocycles. The van der Waals surface area contributed by atoms with Gasteiger partial charge in [0.15, 0.2) is 0 Å². The van der Waals surface area contributed by atoms with Crippen LogP contribution in [0, 0.1) is 0 Å². The molecule has 0 bridgehead atoms.